The molecular weight excluding hydrogens is 268 g/mol. The van der Waals surface area contributed by atoms with Crippen molar-refractivity contribution >= 4 is 5.97 Å². The van der Waals surface area contributed by atoms with Gasteiger partial charge in [0.05, 0.1) is 17.1 Å². The fraction of sp³-hybridized carbons (Fsp3) is 0.588. The predicted octanol–water partition coefficient (Wildman–Crippen LogP) is 2.75. The standard InChI is InChI=1S/C17H24O4/c1-15(2)16(3,14(19)20)9-10-17(15,21)11-13(18)12-7-5-4-6-8-12/h4-8,13,18,21H,9-11H2,1-3H3,(H,19,20)/t13-,16+,17-/m0/s1. The first kappa shape index (κ1) is 16.0. The second kappa shape index (κ2) is 5.11. The monoisotopic (exact) mass is 292 g/mol. The Morgan fingerprint density at radius 2 is 1.76 bits per heavy atom. The number of hydrogen-bond donors (Lipinski definition) is 3. The smallest absolute Gasteiger partial charge is 0.310 e. The molecule has 3 atom stereocenters. The number of aliphatic hydroxyl groups excluding tert-OH is 1. The van der Waals surface area contributed by atoms with Crippen LogP contribution in [0.4, 0.5) is 0 Å². The number of benzene rings is 1. The highest BCUT2D eigenvalue weighted by molar-refractivity contribution is 5.76. The second-order valence-corrected chi connectivity index (χ2v) is 6.92. The summed E-state index contributed by atoms with van der Waals surface area (Å²) in [6.07, 6.45) is 0.138. The van der Waals surface area contributed by atoms with Crippen LogP contribution in [0.2, 0.25) is 0 Å². The molecule has 0 saturated heterocycles. The highest BCUT2D eigenvalue weighted by Crippen LogP contribution is 2.60. The van der Waals surface area contributed by atoms with E-state index in [-0.39, 0.29) is 6.42 Å². The van der Waals surface area contributed by atoms with Gasteiger partial charge in [-0.25, -0.2) is 0 Å². The van der Waals surface area contributed by atoms with Crippen LogP contribution in [0.15, 0.2) is 30.3 Å². The quantitative estimate of drug-likeness (QED) is 0.797. The molecule has 0 aliphatic heterocycles. The van der Waals surface area contributed by atoms with Crippen LogP contribution in [0.25, 0.3) is 0 Å². The maximum absolute atomic E-state index is 11.6. The van der Waals surface area contributed by atoms with Gasteiger partial charge in [0.2, 0.25) is 0 Å². The molecular formula is C17H24O4. The van der Waals surface area contributed by atoms with Crippen molar-refractivity contribution in [3.05, 3.63) is 35.9 Å². The molecule has 1 saturated carbocycles. The van der Waals surface area contributed by atoms with E-state index in [0.29, 0.717) is 12.8 Å². The third kappa shape index (κ3) is 2.36. The lowest BCUT2D eigenvalue weighted by molar-refractivity contribution is -0.164. The van der Waals surface area contributed by atoms with Crippen LogP contribution < -0.4 is 0 Å². The number of aliphatic carboxylic acids is 1. The van der Waals surface area contributed by atoms with Crippen LogP contribution in [-0.4, -0.2) is 26.9 Å². The molecule has 1 aliphatic rings. The molecule has 0 radical (unpaired) electrons. The van der Waals surface area contributed by atoms with Gasteiger partial charge in [0.15, 0.2) is 0 Å². The fourth-order valence-electron chi connectivity index (χ4n) is 3.44. The van der Waals surface area contributed by atoms with E-state index in [1.165, 1.54) is 0 Å². The van der Waals surface area contributed by atoms with E-state index in [9.17, 15) is 20.1 Å². The van der Waals surface area contributed by atoms with Crippen LogP contribution >= 0.6 is 0 Å². The van der Waals surface area contributed by atoms with E-state index in [0.717, 1.165) is 5.56 Å². The molecule has 0 unspecified atom stereocenters. The first-order chi connectivity index (χ1) is 9.64. The lowest BCUT2D eigenvalue weighted by Crippen LogP contribution is -2.50. The normalized spacial score (nSPS) is 32.8. The summed E-state index contributed by atoms with van der Waals surface area (Å²) in [6, 6.07) is 9.16. The van der Waals surface area contributed by atoms with Crippen molar-refractivity contribution in [1.82, 2.24) is 0 Å². The molecule has 1 aromatic rings. The highest BCUT2D eigenvalue weighted by atomic mass is 16.4. The third-order valence-electron chi connectivity index (χ3n) is 5.77. The number of aliphatic hydroxyl groups is 2. The van der Waals surface area contributed by atoms with Crippen molar-refractivity contribution in [2.75, 3.05) is 0 Å². The zero-order chi connectivity index (χ0) is 15.9. The Labute approximate surface area is 125 Å². The van der Waals surface area contributed by atoms with Crippen LogP contribution in [0, 0.1) is 10.8 Å². The Kier molecular flexibility index (Phi) is 3.89. The van der Waals surface area contributed by atoms with Crippen molar-refractivity contribution in [2.24, 2.45) is 10.8 Å². The number of hydrogen-bond acceptors (Lipinski definition) is 3. The molecule has 1 fully saturated rings. The van der Waals surface area contributed by atoms with Crippen LogP contribution in [0.1, 0.15) is 51.7 Å². The van der Waals surface area contributed by atoms with Gasteiger partial charge in [-0.15, -0.1) is 0 Å². The maximum Gasteiger partial charge on any atom is 0.310 e. The number of carbonyl (C=O) groups is 1. The first-order valence-electron chi connectivity index (χ1n) is 7.33. The van der Waals surface area contributed by atoms with Gasteiger partial charge in [-0.05, 0) is 25.3 Å². The molecule has 116 valence electrons. The van der Waals surface area contributed by atoms with E-state index in [1.54, 1.807) is 20.8 Å². The summed E-state index contributed by atoms with van der Waals surface area (Å²) in [5, 5.41) is 30.9. The molecule has 1 aliphatic carbocycles. The summed E-state index contributed by atoms with van der Waals surface area (Å²) < 4.78 is 0. The summed E-state index contributed by atoms with van der Waals surface area (Å²) in [5.41, 5.74) is -2.26. The third-order valence-corrected chi connectivity index (χ3v) is 5.77. The molecule has 0 bridgehead atoms. The summed E-state index contributed by atoms with van der Waals surface area (Å²) in [4.78, 5) is 11.6. The minimum atomic E-state index is -1.20. The average Bonchev–Trinajstić information content (AvgIpc) is 2.61. The Balaban J connectivity index is 2.26. The lowest BCUT2D eigenvalue weighted by Gasteiger charge is -2.44. The minimum Gasteiger partial charge on any atom is -0.481 e. The van der Waals surface area contributed by atoms with Crippen molar-refractivity contribution < 1.29 is 20.1 Å². The van der Waals surface area contributed by atoms with Crippen LogP contribution in [0.3, 0.4) is 0 Å². The number of carboxylic acid groups (broad SMARTS) is 1. The Hall–Kier alpha value is -1.39. The van der Waals surface area contributed by atoms with Crippen molar-refractivity contribution in [1.29, 1.82) is 0 Å². The minimum absolute atomic E-state index is 0.146. The molecule has 0 aromatic heterocycles. The van der Waals surface area contributed by atoms with E-state index >= 15 is 0 Å². The fourth-order valence-corrected chi connectivity index (χ4v) is 3.44. The van der Waals surface area contributed by atoms with Crippen molar-refractivity contribution in [3.63, 3.8) is 0 Å². The van der Waals surface area contributed by atoms with Gasteiger partial charge in [-0.3, -0.25) is 4.79 Å². The summed E-state index contributed by atoms with van der Waals surface area (Å²) in [6.45, 7) is 5.25. The first-order valence-corrected chi connectivity index (χ1v) is 7.33. The summed E-state index contributed by atoms with van der Waals surface area (Å²) in [5.74, 6) is -0.891. The molecule has 0 amide bonds. The maximum atomic E-state index is 11.6. The van der Waals surface area contributed by atoms with Gasteiger partial charge in [0.25, 0.3) is 0 Å². The van der Waals surface area contributed by atoms with Gasteiger partial charge in [-0.2, -0.15) is 0 Å². The van der Waals surface area contributed by atoms with Gasteiger partial charge < -0.3 is 15.3 Å². The van der Waals surface area contributed by atoms with Crippen LogP contribution in [0.5, 0.6) is 0 Å². The molecule has 4 heteroatoms. The predicted molar refractivity (Wildman–Crippen MR) is 79.7 cm³/mol. The second-order valence-electron chi connectivity index (χ2n) is 6.92. The van der Waals surface area contributed by atoms with E-state index in [1.807, 2.05) is 30.3 Å². The van der Waals surface area contributed by atoms with Gasteiger partial charge >= 0.3 is 5.97 Å². The largest absolute Gasteiger partial charge is 0.481 e. The Morgan fingerprint density at radius 1 is 1.19 bits per heavy atom. The van der Waals surface area contributed by atoms with Crippen LogP contribution in [-0.2, 0) is 4.79 Å². The number of carboxylic acids is 1. The zero-order valence-electron chi connectivity index (χ0n) is 12.8. The molecule has 3 N–H and O–H groups in total. The molecule has 0 heterocycles. The van der Waals surface area contributed by atoms with E-state index < -0.39 is 28.5 Å². The number of rotatable bonds is 4. The van der Waals surface area contributed by atoms with Gasteiger partial charge in [0.1, 0.15) is 0 Å². The zero-order valence-corrected chi connectivity index (χ0v) is 12.8. The topological polar surface area (TPSA) is 77.8 Å². The summed E-state index contributed by atoms with van der Waals surface area (Å²) in [7, 11) is 0. The molecule has 1 aromatic carbocycles. The van der Waals surface area contributed by atoms with Gasteiger partial charge in [0, 0.05) is 11.8 Å². The van der Waals surface area contributed by atoms with Crippen molar-refractivity contribution in [3.8, 4) is 0 Å². The van der Waals surface area contributed by atoms with Crippen molar-refractivity contribution in [2.45, 2.75) is 51.7 Å². The average molecular weight is 292 g/mol. The Morgan fingerprint density at radius 3 is 2.24 bits per heavy atom. The molecule has 0 spiro atoms. The molecule has 2 rings (SSSR count). The summed E-state index contributed by atoms with van der Waals surface area (Å²) >= 11 is 0. The molecule has 21 heavy (non-hydrogen) atoms. The highest BCUT2D eigenvalue weighted by Gasteiger charge is 2.63. The van der Waals surface area contributed by atoms with E-state index in [4.69, 9.17) is 0 Å². The SMILES string of the molecule is CC1(C)[C@@](O)(C[C@H](O)c2ccccc2)CC[C@]1(C)C(=O)O. The molecule has 4 nitrogen and oxygen atoms in total. The van der Waals surface area contributed by atoms with E-state index in [2.05, 4.69) is 0 Å². The van der Waals surface area contributed by atoms with Gasteiger partial charge in [-0.1, -0.05) is 44.2 Å². The lowest BCUT2D eigenvalue weighted by atomic mass is 9.62. The Bertz CT molecular complexity index is 525.